The molecule has 2 aliphatic rings. The number of rotatable bonds is 8. The Kier molecular flexibility index (Phi) is 8.04. The molecule has 0 atom stereocenters. The van der Waals surface area contributed by atoms with E-state index in [1.165, 1.54) is 37.6 Å². The molecule has 3 N–H and O–H groups in total. The van der Waals surface area contributed by atoms with Crippen molar-refractivity contribution in [1.29, 1.82) is 0 Å². The molecule has 2 fully saturated rings. The highest BCUT2D eigenvalue weighted by Crippen LogP contribution is 2.33. The molecule has 0 radical (unpaired) electrons. The molecule has 1 saturated heterocycles. The van der Waals surface area contributed by atoms with Crippen molar-refractivity contribution in [3.63, 3.8) is 0 Å². The smallest absolute Gasteiger partial charge is 0.241 e. The summed E-state index contributed by atoms with van der Waals surface area (Å²) in [6.07, 6.45) is 5.53. The van der Waals surface area contributed by atoms with Crippen molar-refractivity contribution in [3.05, 3.63) is 24.3 Å². The molecule has 1 saturated carbocycles. The second-order valence-corrected chi connectivity index (χ2v) is 9.96. The zero-order chi connectivity index (χ0) is 22.3. The number of morpholine rings is 1. The van der Waals surface area contributed by atoms with Crippen LogP contribution in [0.3, 0.4) is 0 Å². The fourth-order valence-corrected chi connectivity index (χ4v) is 5.32. The number of benzene rings is 1. The van der Waals surface area contributed by atoms with Crippen molar-refractivity contribution in [1.82, 2.24) is 14.9 Å². The fraction of sp³-hybridized carbons (Fsp3) is 0.619. The van der Waals surface area contributed by atoms with Gasteiger partial charge in [-0.05, 0) is 37.1 Å². The second-order valence-electron chi connectivity index (χ2n) is 8.19. The predicted molar refractivity (Wildman–Crippen MR) is 117 cm³/mol. The topological polar surface area (TPSA) is 117 Å². The van der Waals surface area contributed by atoms with Gasteiger partial charge < -0.3 is 15.4 Å². The van der Waals surface area contributed by atoms with E-state index in [-0.39, 0.29) is 28.8 Å². The summed E-state index contributed by atoms with van der Waals surface area (Å²) >= 11 is 0. The number of carbonyl (C=O) groups is 2. The van der Waals surface area contributed by atoms with Crippen LogP contribution in [0.15, 0.2) is 29.2 Å². The fourth-order valence-electron chi connectivity index (χ4n) is 4.34. The predicted octanol–water partition coefficient (Wildman–Crippen LogP) is 1.07. The average Bonchev–Trinajstić information content (AvgIpc) is 2.77. The third kappa shape index (κ3) is 6.49. The molecular weight excluding hydrogens is 420 g/mol. The molecule has 2 amide bonds. The van der Waals surface area contributed by atoms with Gasteiger partial charge >= 0.3 is 0 Å². The minimum Gasteiger partial charge on any atom is -0.379 e. The van der Waals surface area contributed by atoms with Crippen molar-refractivity contribution in [2.24, 2.45) is 0 Å². The molecule has 172 valence electrons. The SMILES string of the molecule is CC(=O)Nc1ccc(S(=O)(=O)NCC(=O)NCC2(N3CCOCC3)CCCCC2)cc1. The molecule has 9 nitrogen and oxygen atoms in total. The number of carbonyl (C=O) groups excluding carboxylic acids is 2. The summed E-state index contributed by atoms with van der Waals surface area (Å²) in [6.45, 7) is 4.69. The first kappa shape index (κ1) is 23.6. The Morgan fingerprint density at radius 3 is 2.32 bits per heavy atom. The van der Waals surface area contributed by atoms with Gasteiger partial charge in [-0.25, -0.2) is 13.1 Å². The largest absolute Gasteiger partial charge is 0.379 e. The van der Waals surface area contributed by atoms with Crippen molar-refractivity contribution in [2.75, 3.05) is 44.7 Å². The maximum absolute atomic E-state index is 12.5. The van der Waals surface area contributed by atoms with Crippen LogP contribution in [-0.2, 0) is 24.3 Å². The monoisotopic (exact) mass is 452 g/mol. The zero-order valence-corrected chi connectivity index (χ0v) is 18.8. The summed E-state index contributed by atoms with van der Waals surface area (Å²) in [5.41, 5.74) is 0.431. The molecule has 0 aromatic heterocycles. The summed E-state index contributed by atoms with van der Waals surface area (Å²) < 4.78 is 32.8. The molecule has 1 aliphatic carbocycles. The second kappa shape index (κ2) is 10.5. The molecule has 1 aromatic carbocycles. The molecule has 1 aliphatic heterocycles. The number of nitrogens with zero attached hydrogens (tertiary/aromatic N) is 1. The Labute approximate surface area is 184 Å². The lowest BCUT2D eigenvalue weighted by Gasteiger charge is -2.48. The van der Waals surface area contributed by atoms with E-state index in [1.807, 2.05) is 0 Å². The summed E-state index contributed by atoms with van der Waals surface area (Å²) in [5, 5.41) is 5.53. The lowest BCUT2D eigenvalue weighted by atomic mass is 9.79. The number of amides is 2. The van der Waals surface area contributed by atoms with Crippen LogP contribution in [0, 0.1) is 0 Å². The van der Waals surface area contributed by atoms with Crippen LogP contribution in [0.4, 0.5) is 5.69 Å². The van der Waals surface area contributed by atoms with E-state index in [4.69, 9.17) is 4.74 Å². The molecule has 0 unspecified atom stereocenters. The number of ether oxygens (including phenoxy) is 1. The Bertz CT molecular complexity index is 860. The first-order valence-corrected chi connectivity index (χ1v) is 12.3. The summed E-state index contributed by atoms with van der Waals surface area (Å²) in [4.78, 5) is 26.0. The highest BCUT2D eigenvalue weighted by molar-refractivity contribution is 7.89. The maximum Gasteiger partial charge on any atom is 0.241 e. The van der Waals surface area contributed by atoms with Gasteiger partial charge in [-0.3, -0.25) is 14.5 Å². The standard InChI is InChI=1S/C21H32N4O5S/c1-17(26)24-18-5-7-19(8-6-18)31(28,29)23-15-20(27)22-16-21(9-3-2-4-10-21)25-11-13-30-14-12-25/h5-8,23H,2-4,9-16H2,1H3,(H,22,27)(H,24,26). The first-order chi connectivity index (χ1) is 14.8. The van der Waals surface area contributed by atoms with Gasteiger partial charge in [0.05, 0.1) is 24.7 Å². The van der Waals surface area contributed by atoms with E-state index in [2.05, 4.69) is 20.3 Å². The molecule has 10 heteroatoms. The number of anilines is 1. The first-order valence-electron chi connectivity index (χ1n) is 10.8. The lowest BCUT2D eigenvalue weighted by molar-refractivity contribution is -0.121. The van der Waals surface area contributed by atoms with Gasteiger partial charge in [-0.2, -0.15) is 0 Å². The van der Waals surface area contributed by atoms with Crippen molar-refractivity contribution in [2.45, 2.75) is 49.5 Å². The Morgan fingerprint density at radius 1 is 1.06 bits per heavy atom. The minimum absolute atomic E-state index is 0.0338. The third-order valence-corrected chi connectivity index (χ3v) is 7.41. The van der Waals surface area contributed by atoms with E-state index in [9.17, 15) is 18.0 Å². The van der Waals surface area contributed by atoms with Gasteiger partial charge in [0.15, 0.2) is 0 Å². The Balaban J connectivity index is 1.54. The van der Waals surface area contributed by atoms with Gasteiger partial charge in [0.2, 0.25) is 21.8 Å². The van der Waals surface area contributed by atoms with Crippen LogP contribution in [-0.4, -0.2) is 70.1 Å². The van der Waals surface area contributed by atoms with Crippen molar-refractivity contribution < 1.29 is 22.7 Å². The van der Waals surface area contributed by atoms with Crippen molar-refractivity contribution in [3.8, 4) is 0 Å². The maximum atomic E-state index is 12.5. The van der Waals surface area contributed by atoms with Gasteiger partial charge in [-0.1, -0.05) is 19.3 Å². The van der Waals surface area contributed by atoms with Gasteiger partial charge in [0.25, 0.3) is 0 Å². The molecule has 1 aromatic rings. The average molecular weight is 453 g/mol. The van der Waals surface area contributed by atoms with Gasteiger partial charge in [-0.15, -0.1) is 0 Å². The number of nitrogens with one attached hydrogen (secondary N) is 3. The van der Waals surface area contributed by atoms with Crippen LogP contribution in [0.2, 0.25) is 0 Å². The van der Waals surface area contributed by atoms with Crippen LogP contribution in [0.1, 0.15) is 39.0 Å². The van der Waals surface area contributed by atoms with E-state index < -0.39 is 10.0 Å². The zero-order valence-electron chi connectivity index (χ0n) is 18.0. The number of sulfonamides is 1. The van der Waals surface area contributed by atoms with Crippen LogP contribution >= 0.6 is 0 Å². The minimum atomic E-state index is -3.83. The van der Waals surface area contributed by atoms with E-state index in [0.717, 1.165) is 38.8 Å². The van der Waals surface area contributed by atoms with Gasteiger partial charge in [0.1, 0.15) is 0 Å². The van der Waals surface area contributed by atoms with E-state index in [1.54, 1.807) is 0 Å². The molecule has 1 heterocycles. The Hall–Kier alpha value is -2.01. The third-order valence-electron chi connectivity index (χ3n) is 5.99. The molecule has 0 bridgehead atoms. The number of hydrogen-bond donors (Lipinski definition) is 3. The molecule has 0 spiro atoms. The van der Waals surface area contributed by atoms with Crippen LogP contribution in [0.5, 0.6) is 0 Å². The van der Waals surface area contributed by atoms with E-state index >= 15 is 0 Å². The normalized spacial score (nSPS) is 19.5. The van der Waals surface area contributed by atoms with E-state index in [0.29, 0.717) is 25.4 Å². The van der Waals surface area contributed by atoms with Crippen LogP contribution < -0.4 is 15.4 Å². The molecule has 3 rings (SSSR count). The summed E-state index contributed by atoms with van der Waals surface area (Å²) in [5.74, 6) is -0.588. The number of hydrogen-bond acceptors (Lipinski definition) is 6. The quantitative estimate of drug-likeness (QED) is 0.543. The molecule has 31 heavy (non-hydrogen) atoms. The highest BCUT2D eigenvalue weighted by Gasteiger charge is 2.38. The van der Waals surface area contributed by atoms with Crippen LogP contribution in [0.25, 0.3) is 0 Å². The highest BCUT2D eigenvalue weighted by atomic mass is 32.2. The lowest BCUT2D eigenvalue weighted by Crippen LogP contribution is -2.60. The summed E-state index contributed by atoms with van der Waals surface area (Å²) in [7, 11) is -3.83. The van der Waals surface area contributed by atoms with Gasteiger partial charge in [0, 0.05) is 37.8 Å². The summed E-state index contributed by atoms with van der Waals surface area (Å²) in [6, 6.07) is 5.79. The van der Waals surface area contributed by atoms with Crippen molar-refractivity contribution >= 4 is 27.5 Å². The Morgan fingerprint density at radius 2 is 1.71 bits per heavy atom. The molecular formula is C21H32N4O5S.